The Balaban J connectivity index is 1.42. The molecule has 0 N–H and O–H groups in total. The largest absolute Gasteiger partial charge is 0.369 e. The quantitative estimate of drug-likeness (QED) is 0.341. The first kappa shape index (κ1) is 23.9. The molecule has 1 fully saturated rings. The molecule has 6 rings (SSSR count). The first-order valence-corrected chi connectivity index (χ1v) is 13.9. The molecule has 9 heteroatoms. The molecule has 38 heavy (non-hydrogen) atoms. The molecule has 1 atom stereocenters. The maximum Gasteiger partial charge on any atom is 0.268 e. The fourth-order valence-electron chi connectivity index (χ4n) is 5.35. The summed E-state index contributed by atoms with van der Waals surface area (Å²) in [4.78, 5) is 20.1. The highest BCUT2D eigenvalue weighted by atomic mass is 32.2. The van der Waals surface area contributed by atoms with Crippen LogP contribution in [0.5, 0.6) is 0 Å². The number of benzene rings is 3. The van der Waals surface area contributed by atoms with E-state index in [1.165, 1.54) is 10.2 Å². The number of rotatable bonds is 4. The lowest BCUT2D eigenvalue weighted by molar-refractivity contribution is 0.395. The van der Waals surface area contributed by atoms with Crippen LogP contribution in [0.3, 0.4) is 0 Å². The number of anilines is 1. The van der Waals surface area contributed by atoms with Gasteiger partial charge in [0.25, 0.3) is 15.6 Å². The van der Waals surface area contributed by atoms with Gasteiger partial charge in [0.15, 0.2) is 0 Å². The molecule has 1 aliphatic heterocycles. The maximum absolute atomic E-state index is 13.6. The lowest BCUT2D eigenvalue weighted by Crippen LogP contribution is -2.40. The van der Waals surface area contributed by atoms with E-state index in [-0.39, 0.29) is 22.1 Å². The molecule has 5 aromatic rings. The van der Waals surface area contributed by atoms with E-state index in [0.29, 0.717) is 28.4 Å². The van der Waals surface area contributed by atoms with Gasteiger partial charge < -0.3 is 4.90 Å². The number of para-hydroxylation sites is 1. The van der Waals surface area contributed by atoms with E-state index in [1.54, 1.807) is 53.4 Å². The van der Waals surface area contributed by atoms with Gasteiger partial charge in [-0.2, -0.15) is 5.26 Å². The Morgan fingerprint density at radius 2 is 1.79 bits per heavy atom. The standard InChI is InChI=1S/C29H25N5O3S/c1-20-8-11-23(12-9-20)38(36,37)34-16-14-25-27(13-10-21(17-30)28(25)34)32-15-4-5-22(18-32)33-19-31-26-7-3-2-6-24(26)29(33)35/h2-3,6-14,16,19,22H,4-5,15,18H2,1H3/t22-/m0/s1. The van der Waals surface area contributed by atoms with E-state index >= 15 is 0 Å². The lowest BCUT2D eigenvalue weighted by Gasteiger charge is -2.35. The molecule has 0 amide bonds. The van der Waals surface area contributed by atoms with Gasteiger partial charge in [0.1, 0.15) is 6.07 Å². The topological polar surface area (TPSA) is 101 Å². The smallest absolute Gasteiger partial charge is 0.268 e. The third kappa shape index (κ3) is 3.85. The van der Waals surface area contributed by atoms with Crippen molar-refractivity contribution < 1.29 is 8.42 Å². The van der Waals surface area contributed by atoms with Crippen molar-refractivity contribution >= 4 is 37.5 Å². The van der Waals surface area contributed by atoms with Gasteiger partial charge in [-0.1, -0.05) is 29.8 Å². The van der Waals surface area contributed by atoms with Crippen LogP contribution in [0.15, 0.2) is 88.9 Å². The molecule has 1 saturated heterocycles. The van der Waals surface area contributed by atoms with Crippen molar-refractivity contribution in [2.24, 2.45) is 0 Å². The molecule has 1 aliphatic rings. The lowest BCUT2D eigenvalue weighted by atomic mass is 10.0. The fourth-order valence-corrected chi connectivity index (χ4v) is 6.71. The van der Waals surface area contributed by atoms with Crippen LogP contribution in [0.4, 0.5) is 5.69 Å². The third-order valence-electron chi connectivity index (χ3n) is 7.31. The molecule has 0 bridgehead atoms. The van der Waals surface area contributed by atoms with Crippen LogP contribution in [0, 0.1) is 18.3 Å². The Labute approximate surface area is 220 Å². The van der Waals surface area contributed by atoms with E-state index in [1.807, 2.05) is 31.2 Å². The zero-order valence-corrected chi connectivity index (χ0v) is 21.6. The number of nitriles is 1. The molecule has 2 aromatic heterocycles. The molecule has 0 spiro atoms. The second kappa shape index (κ2) is 9.15. The summed E-state index contributed by atoms with van der Waals surface area (Å²) in [5.41, 5.74) is 3.05. The molecule has 190 valence electrons. The van der Waals surface area contributed by atoms with Gasteiger partial charge in [0.05, 0.1) is 39.2 Å². The van der Waals surface area contributed by atoms with E-state index < -0.39 is 10.0 Å². The van der Waals surface area contributed by atoms with Crippen molar-refractivity contribution in [3.8, 4) is 6.07 Å². The predicted octanol–water partition coefficient (Wildman–Crippen LogP) is 4.61. The second-order valence-corrected chi connectivity index (χ2v) is 11.5. The molecular weight excluding hydrogens is 498 g/mol. The summed E-state index contributed by atoms with van der Waals surface area (Å²) in [6, 6.07) is 21.4. The van der Waals surface area contributed by atoms with E-state index in [2.05, 4.69) is 16.0 Å². The summed E-state index contributed by atoms with van der Waals surface area (Å²) in [5.74, 6) is 0. The van der Waals surface area contributed by atoms with Crippen molar-refractivity contribution in [2.75, 3.05) is 18.0 Å². The number of aryl methyl sites for hydroxylation is 1. The molecule has 0 aliphatic carbocycles. The Morgan fingerprint density at radius 1 is 1.00 bits per heavy atom. The summed E-state index contributed by atoms with van der Waals surface area (Å²) in [5, 5.41) is 11.1. The van der Waals surface area contributed by atoms with Gasteiger partial charge in [-0.25, -0.2) is 17.4 Å². The Hall–Kier alpha value is -4.42. The summed E-state index contributed by atoms with van der Waals surface area (Å²) >= 11 is 0. The van der Waals surface area contributed by atoms with Crippen LogP contribution in [-0.4, -0.2) is 35.0 Å². The monoisotopic (exact) mass is 523 g/mol. The first-order chi connectivity index (χ1) is 18.4. The van der Waals surface area contributed by atoms with Crippen LogP contribution in [-0.2, 0) is 10.0 Å². The minimum Gasteiger partial charge on any atom is -0.369 e. The number of fused-ring (bicyclic) bond motifs is 2. The minimum absolute atomic E-state index is 0.0669. The van der Waals surface area contributed by atoms with E-state index in [0.717, 1.165) is 30.6 Å². The van der Waals surface area contributed by atoms with Crippen molar-refractivity contribution in [2.45, 2.75) is 30.7 Å². The Bertz CT molecular complexity index is 1900. The van der Waals surface area contributed by atoms with Gasteiger partial charge in [-0.3, -0.25) is 9.36 Å². The van der Waals surface area contributed by atoms with Gasteiger partial charge in [-0.15, -0.1) is 0 Å². The SMILES string of the molecule is Cc1ccc(S(=O)(=O)n2ccc3c(N4CCC[C@H](n5cnc6ccccc6c5=O)C4)ccc(C#N)c32)cc1. The van der Waals surface area contributed by atoms with E-state index in [4.69, 9.17) is 0 Å². The molecular formula is C29H25N5O3S. The zero-order chi connectivity index (χ0) is 26.4. The summed E-state index contributed by atoms with van der Waals surface area (Å²) < 4.78 is 30.0. The van der Waals surface area contributed by atoms with E-state index in [9.17, 15) is 18.5 Å². The van der Waals surface area contributed by atoms with Crippen molar-refractivity contribution in [1.82, 2.24) is 13.5 Å². The molecule has 0 saturated carbocycles. The number of hydrogen-bond acceptors (Lipinski definition) is 6. The van der Waals surface area contributed by atoms with Crippen molar-refractivity contribution in [3.05, 3.63) is 101 Å². The van der Waals surface area contributed by atoms with Gasteiger partial charge in [0.2, 0.25) is 0 Å². The molecule has 0 unspecified atom stereocenters. The number of piperidine rings is 1. The minimum atomic E-state index is -3.91. The van der Waals surface area contributed by atoms with Crippen molar-refractivity contribution in [1.29, 1.82) is 5.26 Å². The average Bonchev–Trinajstić information content (AvgIpc) is 3.40. The summed E-state index contributed by atoms with van der Waals surface area (Å²) in [7, 11) is -3.91. The highest BCUT2D eigenvalue weighted by Crippen LogP contribution is 2.35. The van der Waals surface area contributed by atoms with Gasteiger partial charge in [0, 0.05) is 30.4 Å². The fraction of sp³-hybridized carbons (Fsp3) is 0.207. The van der Waals surface area contributed by atoms with Gasteiger partial charge in [-0.05, 0) is 62.2 Å². The molecule has 3 aromatic carbocycles. The van der Waals surface area contributed by atoms with Crippen LogP contribution in [0.2, 0.25) is 0 Å². The van der Waals surface area contributed by atoms with Crippen LogP contribution < -0.4 is 10.5 Å². The second-order valence-electron chi connectivity index (χ2n) is 9.65. The first-order valence-electron chi connectivity index (χ1n) is 12.5. The van der Waals surface area contributed by atoms with Crippen LogP contribution in [0.1, 0.15) is 30.0 Å². The summed E-state index contributed by atoms with van der Waals surface area (Å²) in [6.45, 7) is 3.22. The molecule has 8 nitrogen and oxygen atoms in total. The maximum atomic E-state index is 13.6. The summed E-state index contributed by atoms with van der Waals surface area (Å²) in [6.07, 6.45) is 4.83. The highest BCUT2D eigenvalue weighted by molar-refractivity contribution is 7.90. The Kier molecular flexibility index (Phi) is 5.77. The zero-order valence-electron chi connectivity index (χ0n) is 20.8. The molecule has 3 heterocycles. The third-order valence-corrected chi connectivity index (χ3v) is 9.00. The Morgan fingerprint density at radius 3 is 2.58 bits per heavy atom. The highest BCUT2D eigenvalue weighted by Gasteiger charge is 2.27. The normalized spacial score (nSPS) is 16.1. The van der Waals surface area contributed by atoms with Crippen LogP contribution in [0.25, 0.3) is 21.8 Å². The average molecular weight is 524 g/mol. The van der Waals surface area contributed by atoms with Crippen molar-refractivity contribution in [3.63, 3.8) is 0 Å². The predicted molar refractivity (Wildman–Crippen MR) is 147 cm³/mol. The van der Waals surface area contributed by atoms with Crippen LogP contribution >= 0.6 is 0 Å². The number of aromatic nitrogens is 3. The van der Waals surface area contributed by atoms with Gasteiger partial charge >= 0.3 is 0 Å². The number of hydrogen-bond donors (Lipinski definition) is 0. The molecule has 0 radical (unpaired) electrons. The number of nitrogens with zero attached hydrogens (tertiary/aromatic N) is 5.